The van der Waals surface area contributed by atoms with Gasteiger partial charge in [-0.05, 0) is 34.1 Å². The van der Waals surface area contributed by atoms with Gasteiger partial charge in [0.25, 0.3) is 0 Å². The van der Waals surface area contributed by atoms with Crippen molar-refractivity contribution in [2.24, 2.45) is 5.73 Å². The number of thioether (sulfide) groups is 1. The largest absolute Gasteiger partial charge is 0.384 e. The van der Waals surface area contributed by atoms with E-state index in [-0.39, 0.29) is 10.6 Å². The van der Waals surface area contributed by atoms with Crippen molar-refractivity contribution in [2.75, 3.05) is 0 Å². The topological polar surface area (TPSA) is 49.9 Å². The number of benzene rings is 1. The summed E-state index contributed by atoms with van der Waals surface area (Å²) in [6.07, 6.45) is 0. The Morgan fingerprint density at radius 1 is 1.40 bits per heavy atom. The maximum absolute atomic E-state index is 7.37. The van der Waals surface area contributed by atoms with Crippen molar-refractivity contribution in [3.8, 4) is 0 Å². The van der Waals surface area contributed by atoms with Gasteiger partial charge in [0.2, 0.25) is 0 Å². The van der Waals surface area contributed by atoms with Gasteiger partial charge in [-0.3, -0.25) is 5.41 Å². The van der Waals surface area contributed by atoms with Crippen molar-refractivity contribution < 1.29 is 0 Å². The van der Waals surface area contributed by atoms with Crippen molar-refractivity contribution in [1.29, 1.82) is 5.41 Å². The maximum atomic E-state index is 7.37. The highest BCUT2D eigenvalue weighted by molar-refractivity contribution is 9.10. The summed E-state index contributed by atoms with van der Waals surface area (Å²) >= 11 is 5.22. The van der Waals surface area contributed by atoms with Gasteiger partial charge in [-0.2, -0.15) is 0 Å². The second kappa shape index (κ2) is 4.58. The van der Waals surface area contributed by atoms with Crippen LogP contribution in [-0.4, -0.2) is 10.6 Å². The van der Waals surface area contributed by atoms with Crippen LogP contribution in [0.5, 0.6) is 0 Å². The highest BCUT2D eigenvalue weighted by Crippen LogP contribution is 2.33. The molecule has 4 heteroatoms. The third kappa shape index (κ3) is 3.87. The molecular weight excluding hydrogens is 272 g/mol. The molecule has 0 amide bonds. The molecule has 15 heavy (non-hydrogen) atoms. The van der Waals surface area contributed by atoms with Crippen molar-refractivity contribution in [3.05, 3.63) is 28.2 Å². The molecule has 0 heterocycles. The first-order chi connectivity index (χ1) is 6.79. The standard InChI is InChI=1S/C11H15BrN2S/c1-11(2,3)15-7-4-5-8(10(13)14)9(12)6-7/h4-6H,1-3H3,(H3,13,14). The molecule has 0 aliphatic carbocycles. The molecule has 0 aliphatic heterocycles. The lowest BCUT2D eigenvalue weighted by Crippen LogP contribution is -2.12. The Morgan fingerprint density at radius 3 is 2.40 bits per heavy atom. The monoisotopic (exact) mass is 286 g/mol. The van der Waals surface area contributed by atoms with Crippen molar-refractivity contribution in [1.82, 2.24) is 0 Å². The van der Waals surface area contributed by atoms with Crippen LogP contribution in [0.15, 0.2) is 27.6 Å². The lowest BCUT2D eigenvalue weighted by molar-refractivity contribution is 0.803. The maximum Gasteiger partial charge on any atom is 0.123 e. The van der Waals surface area contributed by atoms with Crippen LogP contribution in [0.25, 0.3) is 0 Å². The molecule has 1 aromatic rings. The number of hydrogen-bond acceptors (Lipinski definition) is 2. The van der Waals surface area contributed by atoms with Crippen LogP contribution in [0, 0.1) is 5.41 Å². The summed E-state index contributed by atoms with van der Waals surface area (Å²) in [5, 5.41) is 7.37. The summed E-state index contributed by atoms with van der Waals surface area (Å²) in [5.41, 5.74) is 6.18. The molecule has 0 aliphatic rings. The quantitative estimate of drug-likeness (QED) is 0.496. The number of amidine groups is 1. The Labute approximate surface area is 103 Å². The average molecular weight is 287 g/mol. The van der Waals surface area contributed by atoms with Crippen LogP contribution in [0.1, 0.15) is 26.3 Å². The molecule has 0 saturated heterocycles. The van der Waals surface area contributed by atoms with Crippen LogP contribution in [0.3, 0.4) is 0 Å². The Balaban J connectivity index is 2.97. The van der Waals surface area contributed by atoms with Gasteiger partial charge in [0.15, 0.2) is 0 Å². The molecule has 0 saturated carbocycles. The van der Waals surface area contributed by atoms with Crippen molar-refractivity contribution in [2.45, 2.75) is 30.4 Å². The molecule has 0 bridgehead atoms. The first-order valence-electron chi connectivity index (χ1n) is 4.62. The minimum Gasteiger partial charge on any atom is -0.384 e. The molecule has 1 rings (SSSR count). The SMILES string of the molecule is CC(C)(C)Sc1ccc(C(=N)N)c(Br)c1. The van der Waals surface area contributed by atoms with Crippen LogP contribution in [-0.2, 0) is 0 Å². The Bertz CT molecular complexity index is 383. The molecule has 82 valence electrons. The van der Waals surface area contributed by atoms with Crippen LogP contribution < -0.4 is 5.73 Å². The van der Waals surface area contributed by atoms with E-state index in [1.54, 1.807) is 11.8 Å². The molecule has 0 radical (unpaired) electrons. The summed E-state index contributed by atoms with van der Waals surface area (Å²) in [6.45, 7) is 6.51. The summed E-state index contributed by atoms with van der Waals surface area (Å²) in [6, 6.07) is 5.88. The van der Waals surface area contributed by atoms with Gasteiger partial charge in [0, 0.05) is 19.7 Å². The van der Waals surface area contributed by atoms with Gasteiger partial charge < -0.3 is 5.73 Å². The summed E-state index contributed by atoms with van der Waals surface area (Å²) in [5.74, 6) is 0.0918. The van der Waals surface area contributed by atoms with Crippen molar-refractivity contribution in [3.63, 3.8) is 0 Å². The Morgan fingerprint density at radius 2 is 2.00 bits per heavy atom. The lowest BCUT2D eigenvalue weighted by atomic mass is 10.2. The van der Waals surface area contributed by atoms with E-state index in [0.29, 0.717) is 0 Å². The summed E-state index contributed by atoms with van der Waals surface area (Å²) < 4.78 is 1.07. The third-order valence-electron chi connectivity index (χ3n) is 1.65. The fraction of sp³-hybridized carbons (Fsp3) is 0.364. The van der Waals surface area contributed by atoms with Gasteiger partial charge in [-0.15, -0.1) is 11.8 Å². The van der Waals surface area contributed by atoms with Crippen LogP contribution in [0.2, 0.25) is 0 Å². The van der Waals surface area contributed by atoms with Gasteiger partial charge in [0.1, 0.15) is 5.84 Å². The van der Waals surface area contributed by atoms with E-state index in [2.05, 4.69) is 36.7 Å². The molecule has 1 aromatic carbocycles. The first-order valence-corrected chi connectivity index (χ1v) is 6.23. The summed E-state index contributed by atoms with van der Waals surface area (Å²) in [4.78, 5) is 1.18. The fourth-order valence-corrected chi connectivity index (χ4v) is 2.90. The zero-order valence-corrected chi connectivity index (χ0v) is 11.5. The molecule has 0 aromatic heterocycles. The number of halogens is 1. The molecule has 3 N–H and O–H groups in total. The average Bonchev–Trinajstić information content (AvgIpc) is 1.99. The van der Waals surface area contributed by atoms with Crippen molar-refractivity contribution >= 4 is 33.5 Å². The molecule has 0 atom stereocenters. The van der Waals surface area contributed by atoms with E-state index in [1.807, 2.05) is 18.2 Å². The number of nitrogens with one attached hydrogen (secondary N) is 1. The molecule has 0 spiro atoms. The Kier molecular flexibility index (Phi) is 3.84. The number of nitrogens with two attached hydrogens (primary N) is 1. The zero-order chi connectivity index (χ0) is 11.6. The van der Waals surface area contributed by atoms with Crippen LogP contribution in [0.4, 0.5) is 0 Å². The highest BCUT2D eigenvalue weighted by atomic mass is 79.9. The molecule has 0 unspecified atom stereocenters. The first kappa shape index (κ1) is 12.6. The summed E-state index contributed by atoms with van der Waals surface area (Å²) in [7, 11) is 0. The Hall–Kier alpha value is -0.480. The minimum atomic E-state index is 0.0918. The number of nitrogen functional groups attached to an aromatic ring is 1. The molecule has 2 nitrogen and oxygen atoms in total. The van der Waals surface area contributed by atoms with E-state index in [0.717, 1.165) is 10.0 Å². The van der Waals surface area contributed by atoms with E-state index in [9.17, 15) is 0 Å². The van der Waals surface area contributed by atoms with Gasteiger partial charge in [0.05, 0.1) is 0 Å². The number of hydrogen-bond donors (Lipinski definition) is 2. The van der Waals surface area contributed by atoms with Gasteiger partial charge in [-0.25, -0.2) is 0 Å². The zero-order valence-electron chi connectivity index (χ0n) is 9.10. The van der Waals surface area contributed by atoms with E-state index >= 15 is 0 Å². The second-order valence-electron chi connectivity index (χ2n) is 4.27. The smallest absolute Gasteiger partial charge is 0.123 e. The highest BCUT2D eigenvalue weighted by Gasteiger charge is 2.13. The minimum absolute atomic E-state index is 0.0918. The van der Waals surface area contributed by atoms with E-state index < -0.39 is 0 Å². The van der Waals surface area contributed by atoms with Gasteiger partial charge in [-0.1, -0.05) is 20.8 Å². The molecular formula is C11H15BrN2S. The third-order valence-corrected chi connectivity index (χ3v) is 3.41. The van der Waals surface area contributed by atoms with E-state index in [1.165, 1.54) is 4.90 Å². The predicted octanol–water partition coefficient (Wildman–Crippen LogP) is 3.62. The normalized spacial score (nSPS) is 11.5. The second-order valence-corrected chi connectivity index (χ2v) is 7.02. The molecule has 0 fully saturated rings. The number of rotatable bonds is 2. The van der Waals surface area contributed by atoms with E-state index in [4.69, 9.17) is 11.1 Å². The fourth-order valence-electron chi connectivity index (χ4n) is 1.13. The van der Waals surface area contributed by atoms with Gasteiger partial charge >= 0.3 is 0 Å². The van der Waals surface area contributed by atoms with Crippen LogP contribution >= 0.6 is 27.7 Å². The lowest BCUT2D eigenvalue weighted by Gasteiger charge is -2.18. The predicted molar refractivity (Wildman–Crippen MR) is 70.8 cm³/mol.